The van der Waals surface area contributed by atoms with Crippen molar-refractivity contribution in [2.45, 2.75) is 34.6 Å². The van der Waals surface area contributed by atoms with Crippen molar-refractivity contribution in [1.29, 1.82) is 0 Å². The van der Waals surface area contributed by atoms with Crippen molar-refractivity contribution in [3.63, 3.8) is 0 Å². The number of hydrogen-bond donors (Lipinski definition) is 0. The van der Waals surface area contributed by atoms with Crippen LogP contribution in [0, 0.1) is 33.8 Å². The quantitative estimate of drug-likeness (QED) is 0.549. The van der Waals surface area contributed by atoms with Crippen molar-refractivity contribution in [3.8, 4) is 0 Å². The van der Waals surface area contributed by atoms with E-state index >= 15 is 0 Å². The minimum absolute atomic E-state index is 0. The van der Waals surface area contributed by atoms with Gasteiger partial charge in [-0.25, -0.2) is 5.57 Å². The topological polar surface area (TPSA) is 0 Å². The smallest absolute Gasteiger partial charge is 0.358 e. The maximum Gasteiger partial charge on any atom is 4.00 e. The normalized spacial score (nSPS) is 16.8. The summed E-state index contributed by atoms with van der Waals surface area (Å²) in [5, 5.41) is 0. The average Bonchev–Trinajstić information content (AvgIpc) is 1.95. The summed E-state index contributed by atoms with van der Waals surface area (Å²) in [6, 6.07) is 0. The Hall–Kier alpha value is 0.168. The van der Waals surface area contributed by atoms with E-state index in [0.717, 1.165) is 0 Å². The Kier molecular flexibility index (Phi) is 12.7. The summed E-state index contributed by atoms with van der Waals surface area (Å²) in [6.45, 7) is 10.9. The zero-order valence-electron chi connectivity index (χ0n) is 10.8. The van der Waals surface area contributed by atoms with Crippen molar-refractivity contribution in [3.05, 3.63) is 45.1 Å². The molecule has 0 saturated heterocycles. The third kappa shape index (κ3) is 4.13. The van der Waals surface area contributed by atoms with Crippen molar-refractivity contribution in [2.75, 3.05) is 0 Å². The van der Waals surface area contributed by atoms with Gasteiger partial charge in [-0.2, -0.15) is 11.1 Å². The predicted octanol–water partition coefficient (Wildman–Crippen LogP) is 4.46. The van der Waals surface area contributed by atoms with Crippen LogP contribution in [0.5, 0.6) is 0 Å². The van der Waals surface area contributed by atoms with Gasteiger partial charge in [-0.3, -0.25) is 6.08 Å². The van der Waals surface area contributed by atoms with Gasteiger partial charge in [0.2, 0.25) is 0 Å². The van der Waals surface area contributed by atoms with Crippen molar-refractivity contribution >= 4 is 0 Å². The molecule has 0 spiro atoms. The van der Waals surface area contributed by atoms with Crippen LogP contribution in [0.25, 0.3) is 0 Å². The maximum absolute atomic E-state index is 3.44. The van der Waals surface area contributed by atoms with Gasteiger partial charge in [0.05, 0.1) is 0 Å². The van der Waals surface area contributed by atoms with Crippen LogP contribution in [0.1, 0.15) is 34.6 Å². The molecule has 0 saturated carbocycles. The second-order valence-corrected chi connectivity index (χ2v) is 3.62. The Morgan fingerprint density at radius 2 is 1.29 bits per heavy atom. The van der Waals surface area contributed by atoms with Gasteiger partial charge in [0, 0.05) is 0 Å². The molecule has 0 bridgehead atoms. The minimum Gasteiger partial charge on any atom is -0.358 e. The minimum atomic E-state index is 0. The van der Waals surface area contributed by atoms with E-state index in [2.05, 4.69) is 40.7 Å². The van der Waals surface area contributed by atoms with Gasteiger partial charge in [-0.1, -0.05) is 33.1 Å². The summed E-state index contributed by atoms with van der Waals surface area (Å²) in [4.78, 5) is 0. The van der Waals surface area contributed by atoms with Crippen molar-refractivity contribution in [1.82, 2.24) is 0 Å². The largest absolute Gasteiger partial charge is 4.00 e. The summed E-state index contributed by atoms with van der Waals surface area (Å²) < 4.78 is 0. The molecule has 86 valence electrons. The molecule has 0 atom stereocenters. The van der Waals surface area contributed by atoms with Crippen LogP contribution in [0.3, 0.4) is 0 Å². The molecule has 1 rings (SSSR count). The van der Waals surface area contributed by atoms with Gasteiger partial charge in [0.15, 0.2) is 0 Å². The molecule has 0 nitrogen and oxygen atoms in total. The fraction of sp³-hybridized carbons (Fsp3) is 0.462. The maximum atomic E-state index is 3.44. The number of rotatable bonds is 0. The molecule has 0 aromatic rings. The van der Waals surface area contributed by atoms with Gasteiger partial charge < -0.3 is 22.3 Å². The molecule has 1 aliphatic carbocycles. The second kappa shape index (κ2) is 7.46. The van der Waals surface area contributed by atoms with Gasteiger partial charge in [-0.15, -0.1) is 6.92 Å². The molecule has 0 radical (unpaired) electrons. The van der Waals surface area contributed by atoms with Gasteiger partial charge in [-0.05, 0) is 0 Å². The molecule has 0 aromatic heterocycles. The molecule has 1 aliphatic rings. The Bertz CT molecular complexity index is 219. The monoisotopic (exact) mass is 375 g/mol. The summed E-state index contributed by atoms with van der Waals surface area (Å²) in [6.07, 6.45) is 3.44. The fourth-order valence-electron chi connectivity index (χ4n) is 1.41. The zero-order chi connectivity index (χ0) is 7.94. The molecular weight excluding hydrogens is 351 g/mol. The van der Waals surface area contributed by atoms with Crippen LogP contribution in [-0.4, -0.2) is 0 Å². The first-order valence-electron chi connectivity index (χ1n) is 3.75. The van der Waals surface area contributed by atoms with Crippen LogP contribution >= 0.6 is 0 Å². The van der Waals surface area contributed by atoms with Gasteiger partial charge in [0.1, 0.15) is 0 Å². The molecule has 1 heteroatoms. The first-order valence-corrected chi connectivity index (χ1v) is 3.75. The van der Waals surface area contributed by atoms with Crippen LogP contribution < -0.4 is 0 Å². The Morgan fingerprint density at radius 1 is 0.929 bits per heavy atom. The van der Waals surface area contributed by atoms with E-state index in [0.29, 0.717) is 0 Å². The number of allylic oxidation sites excluding steroid dienone is 4. The summed E-state index contributed by atoms with van der Waals surface area (Å²) in [5.41, 5.74) is 4.39. The summed E-state index contributed by atoms with van der Waals surface area (Å²) in [7, 11) is 0. The van der Waals surface area contributed by atoms with Gasteiger partial charge in [0.25, 0.3) is 0 Å². The van der Waals surface area contributed by atoms with Crippen LogP contribution in [0.15, 0.2) is 16.7 Å². The molecule has 0 fully saturated rings. The van der Waals surface area contributed by atoms with Gasteiger partial charge >= 0.3 is 21.1 Å². The molecule has 0 heterocycles. The average molecular weight is 375 g/mol. The Balaban J connectivity index is -0.000000125. The molecular formula is C13H24Pt. The van der Waals surface area contributed by atoms with E-state index in [4.69, 9.17) is 0 Å². The third-order valence-electron chi connectivity index (χ3n) is 2.56. The SMILES string of the molecule is CC1=[C-]C(C)(C)C(C)=C1C.[CH3-].[CH3-].[CH3-].[Pt+4]. The van der Waals surface area contributed by atoms with E-state index in [1.807, 2.05) is 0 Å². The van der Waals surface area contributed by atoms with Crippen LogP contribution in [0.2, 0.25) is 0 Å². The van der Waals surface area contributed by atoms with Crippen LogP contribution in [0.4, 0.5) is 0 Å². The molecule has 0 N–H and O–H groups in total. The fourth-order valence-corrected chi connectivity index (χ4v) is 1.41. The third-order valence-corrected chi connectivity index (χ3v) is 2.56. The first-order chi connectivity index (χ1) is 4.45. The standard InChI is InChI=1S/C10H15.3CH3.Pt/c1-7-6-10(4,5)9(3)8(7)2;;;;/h1-5H3;3*1H3;/q4*-1;+4. The van der Waals surface area contributed by atoms with E-state index in [9.17, 15) is 0 Å². The summed E-state index contributed by atoms with van der Waals surface area (Å²) >= 11 is 0. The zero-order valence-corrected chi connectivity index (χ0v) is 13.1. The van der Waals surface area contributed by atoms with E-state index in [1.54, 1.807) is 0 Å². The predicted molar refractivity (Wildman–Crippen MR) is 63.8 cm³/mol. The molecule has 0 aliphatic heterocycles. The molecule has 14 heavy (non-hydrogen) atoms. The summed E-state index contributed by atoms with van der Waals surface area (Å²) in [5.74, 6) is 0. The van der Waals surface area contributed by atoms with Crippen molar-refractivity contribution in [2.24, 2.45) is 5.41 Å². The van der Waals surface area contributed by atoms with E-state index < -0.39 is 0 Å². The molecule has 0 aromatic carbocycles. The molecule has 0 amide bonds. The van der Waals surface area contributed by atoms with E-state index in [1.165, 1.54) is 16.7 Å². The first kappa shape index (κ1) is 23.8. The molecule has 0 unspecified atom stereocenters. The Morgan fingerprint density at radius 3 is 1.36 bits per heavy atom. The van der Waals surface area contributed by atoms with Crippen molar-refractivity contribution < 1.29 is 21.1 Å². The Labute approximate surface area is 106 Å². The number of hydrogen-bond acceptors (Lipinski definition) is 0. The van der Waals surface area contributed by atoms with E-state index in [-0.39, 0.29) is 48.8 Å². The second-order valence-electron chi connectivity index (χ2n) is 3.62. The van der Waals surface area contributed by atoms with Crippen LogP contribution in [-0.2, 0) is 21.1 Å².